The van der Waals surface area contributed by atoms with Gasteiger partial charge >= 0.3 is 0 Å². The lowest BCUT2D eigenvalue weighted by Gasteiger charge is -2.44. The Morgan fingerprint density at radius 3 is 2.62 bits per heavy atom. The summed E-state index contributed by atoms with van der Waals surface area (Å²) in [5.74, 6) is -0.270. The van der Waals surface area contributed by atoms with Crippen LogP contribution >= 0.6 is 23.4 Å². The van der Waals surface area contributed by atoms with Crippen LogP contribution in [0.15, 0.2) is 36.4 Å². The van der Waals surface area contributed by atoms with Gasteiger partial charge in [-0.2, -0.15) is 0 Å². The van der Waals surface area contributed by atoms with Gasteiger partial charge in [-0.25, -0.2) is 0 Å². The zero-order valence-corrected chi connectivity index (χ0v) is 20.8. The van der Waals surface area contributed by atoms with E-state index in [4.69, 9.17) is 21.1 Å². The Morgan fingerprint density at radius 2 is 1.94 bits per heavy atom. The Morgan fingerprint density at radius 1 is 1.21 bits per heavy atom. The van der Waals surface area contributed by atoms with Gasteiger partial charge < -0.3 is 35.4 Å². The normalized spacial score (nSPS) is 37.8. The number of rotatable bonds is 6. The zero-order valence-electron chi connectivity index (χ0n) is 19.2. The Hall–Kier alpha value is -1.17. The number of ether oxygens (including phenoxy) is 2. The summed E-state index contributed by atoms with van der Waals surface area (Å²) < 4.78 is 12.0. The third kappa shape index (κ3) is 5.32. The monoisotopic (exact) mass is 512 g/mol. The summed E-state index contributed by atoms with van der Waals surface area (Å²) in [7, 11) is 0. The van der Waals surface area contributed by atoms with Crippen LogP contribution in [0.2, 0.25) is 0 Å². The van der Waals surface area contributed by atoms with Crippen LogP contribution in [0.3, 0.4) is 0 Å². The second-order valence-electron chi connectivity index (χ2n) is 9.08. The topological polar surface area (TPSA) is 120 Å². The van der Waals surface area contributed by atoms with E-state index in [-0.39, 0.29) is 17.9 Å². The number of halogens is 1. The number of carbonyl (C=O) groups is 1. The third-order valence-electron chi connectivity index (χ3n) is 6.84. The molecule has 3 aliphatic rings. The highest BCUT2D eigenvalue weighted by Gasteiger charge is 2.49. The van der Waals surface area contributed by atoms with Gasteiger partial charge in [0.05, 0.1) is 24.1 Å². The Kier molecular flexibility index (Phi) is 8.58. The van der Waals surface area contributed by atoms with E-state index in [2.05, 4.69) is 28.8 Å². The van der Waals surface area contributed by atoms with Crippen LogP contribution in [0.1, 0.15) is 18.9 Å². The molecule has 1 aromatic rings. The van der Waals surface area contributed by atoms with Crippen molar-refractivity contribution in [3.63, 3.8) is 0 Å². The Bertz CT molecular complexity index is 872. The lowest BCUT2D eigenvalue weighted by Crippen LogP contribution is -2.65. The fourth-order valence-corrected chi connectivity index (χ4v) is 5.86. The van der Waals surface area contributed by atoms with E-state index in [0.29, 0.717) is 13.2 Å². The van der Waals surface area contributed by atoms with Crippen molar-refractivity contribution in [3.05, 3.63) is 42.0 Å². The van der Waals surface area contributed by atoms with Crippen molar-refractivity contribution >= 4 is 34.8 Å². The molecule has 34 heavy (non-hydrogen) atoms. The molecule has 1 amide bonds. The van der Waals surface area contributed by atoms with Crippen molar-refractivity contribution in [1.29, 1.82) is 0 Å². The summed E-state index contributed by atoms with van der Waals surface area (Å²) >= 11 is 7.62. The van der Waals surface area contributed by atoms with Crippen molar-refractivity contribution in [3.8, 4) is 0 Å². The van der Waals surface area contributed by atoms with Gasteiger partial charge in [0.1, 0.15) is 35.9 Å². The quantitative estimate of drug-likeness (QED) is 0.354. The largest absolute Gasteiger partial charge is 0.388 e. The minimum absolute atomic E-state index is 0.0368. The van der Waals surface area contributed by atoms with Crippen molar-refractivity contribution in [2.24, 2.45) is 5.92 Å². The summed E-state index contributed by atoms with van der Waals surface area (Å²) in [5.41, 5.74) is 1.61. The van der Waals surface area contributed by atoms with E-state index in [1.807, 2.05) is 18.2 Å². The molecule has 0 aromatic heterocycles. The molecule has 10 atom stereocenters. The molecule has 3 aliphatic heterocycles. The molecule has 2 fully saturated rings. The smallest absolute Gasteiger partial charge is 0.240 e. The van der Waals surface area contributed by atoms with E-state index < -0.39 is 47.3 Å². The number of fused-ring (bicyclic) bond motifs is 1. The van der Waals surface area contributed by atoms with E-state index in [0.717, 1.165) is 12.0 Å². The highest BCUT2D eigenvalue weighted by molar-refractivity contribution is 7.99. The van der Waals surface area contributed by atoms with Gasteiger partial charge in [0.15, 0.2) is 0 Å². The molecule has 2 saturated heterocycles. The third-order valence-corrected chi connectivity index (χ3v) is 7.97. The van der Waals surface area contributed by atoms with Gasteiger partial charge in [-0.05, 0) is 30.7 Å². The van der Waals surface area contributed by atoms with Crippen molar-refractivity contribution < 1.29 is 29.6 Å². The Balaban J connectivity index is 1.47. The average Bonchev–Trinajstić information content (AvgIpc) is 3.11. The second-order valence-corrected chi connectivity index (χ2v) is 10.7. The number of hydrogen-bond donors (Lipinski definition) is 5. The molecule has 0 bridgehead atoms. The van der Waals surface area contributed by atoms with Crippen LogP contribution in [0.5, 0.6) is 0 Å². The lowest BCUT2D eigenvalue weighted by atomic mass is 9.92. The molecule has 0 spiro atoms. The molecular formula is C24H33ClN2O6S. The number of carbonyl (C=O) groups excluding carboxylic acids is 1. The fraction of sp³-hybridized carbons (Fsp3) is 0.625. The molecule has 3 heterocycles. The minimum Gasteiger partial charge on any atom is -0.388 e. The minimum atomic E-state index is -1.41. The van der Waals surface area contributed by atoms with Crippen LogP contribution in [0.4, 0.5) is 0 Å². The molecule has 188 valence electrons. The maximum absolute atomic E-state index is 13.3. The molecule has 5 N–H and O–H groups in total. The van der Waals surface area contributed by atoms with Crippen LogP contribution in [-0.4, -0.2) is 94.1 Å². The molecular weight excluding hydrogens is 480 g/mol. The van der Waals surface area contributed by atoms with Crippen molar-refractivity contribution in [2.75, 3.05) is 19.4 Å². The van der Waals surface area contributed by atoms with Crippen molar-refractivity contribution in [2.45, 2.75) is 66.8 Å². The molecule has 0 saturated carbocycles. The van der Waals surface area contributed by atoms with E-state index >= 15 is 0 Å². The summed E-state index contributed by atoms with van der Waals surface area (Å²) in [6.07, 6.45) is -0.678. The SMILES string of the molecule is CSC1OC([C@H](NC(=O)[C@H]2NC[C@@H]3C=C(c4ccccc4)CCO[C@@H]23)[C@H](C)Cl)C(O)C(O)C1O. The fourth-order valence-electron chi connectivity index (χ4n) is 4.98. The molecule has 0 radical (unpaired) electrons. The van der Waals surface area contributed by atoms with Gasteiger partial charge in [-0.3, -0.25) is 4.79 Å². The zero-order chi connectivity index (χ0) is 24.4. The number of thioether (sulfide) groups is 1. The first-order valence-corrected chi connectivity index (χ1v) is 13.3. The molecule has 5 unspecified atom stereocenters. The number of alkyl halides is 1. The van der Waals surface area contributed by atoms with Gasteiger partial charge in [-0.1, -0.05) is 36.4 Å². The van der Waals surface area contributed by atoms with Crippen LogP contribution in [0.25, 0.3) is 5.57 Å². The number of aliphatic hydroxyl groups excluding tert-OH is 3. The molecule has 4 rings (SSSR count). The maximum Gasteiger partial charge on any atom is 0.240 e. The van der Waals surface area contributed by atoms with Crippen LogP contribution in [0, 0.1) is 5.92 Å². The van der Waals surface area contributed by atoms with E-state index in [1.165, 1.54) is 17.3 Å². The second kappa shape index (κ2) is 11.3. The van der Waals surface area contributed by atoms with Gasteiger partial charge in [0.25, 0.3) is 0 Å². The number of amides is 1. The average molecular weight is 513 g/mol. The van der Waals surface area contributed by atoms with E-state index in [9.17, 15) is 20.1 Å². The summed E-state index contributed by atoms with van der Waals surface area (Å²) in [5, 5.41) is 36.6. The standard InChI is InChI=1S/C24H33ClN2O6S/c1-12(25)16(22-19(29)18(28)20(30)24(33-22)34-2)27-23(31)17-21-15(11-26-17)10-14(8-9-32-21)13-6-4-3-5-7-13/h3-7,10,12,15-22,24,26,28-30H,8-9,11H2,1-2H3,(H,27,31)/t12-,15-,16+,17-,18?,19?,20?,21+,22?,24?/m0/s1. The lowest BCUT2D eigenvalue weighted by molar-refractivity contribution is -0.205. The highest BCUT2D eigenvalue weighted by atomic mass is 35.5. The first-order valence-electron chi connectivity index (χ1n) is 11.6. The molecule has 10 heteroatoms. The summed E-state index contributed by atoms with van der Waals surface area (Å²) in [4.78, 5) is 13.3. The van der Waals surface area contributed by atoms with E-state index in [1.54, 1.807) is 13.2 Å². The maximum atomic E-state index is 13.3. The number of nitrogens with one attached hydrogen (secondary N) is 2. The first-order chi connectivity index (χ1) is 16.3. The van der Waals surface area contributed by atoms with Gasteiger partial charge in [-0.15, -0.1) is 23.4 Å². The van der Waals surface area contributed by atoms with Crippen LogP contribution < -0.4 is 10.6 Å². The Labute approximate surface area is 209 Å². The molecule has 8 nitrogen and oxygen atoms in total. The van der Waals surface area contributed by atoms with Gasteiger partial charge in [0.2, 0.25) is 5.91 Å². The highest BCUT2D eigenvalue weighted by Crippen LogP contribution is 2.32. The van der Waals surface area contributed by atoms with Gasteiger partial charge in [0, 0.05) is 12.5 Å². The summed E-state index contributed by atoms with van der Waals surface area (Å²) in [6.45, 7) is 2.80. The van der Waals surface area contributed by atoms with Crippen molar-refractivity contribution in [1.82, 2.24) is 10.6 Å². The predicted octanol–water partition coefficient (Wildman–Crippen LogP) is 0.730. The van der Waals surface area contributed by atoms with Crippen LogP contribution in [-0.2, 0) is 14.3 Å². The number of benzene rings is 1. The predicted molar refractivity (Wildman–Crippen MR) is 131 cm³/mol. The molecule has 0 aliphatic carbocycles. The first kappa shape index (κ1) is 25.9. The molecule has 1 aromatic carbocycles. The number of hydrogen-bond acceptors (Lipinski definition) is 8. The summed E-state index contributed by atoms with van der Waals surface area (Å²) in [6, 6.07) is 8.77. The number of aliphatic hydroxyl groups is 3.